The quantitative estimate of drug-likeness (QED) is 0.608. The van der Waals surface area contributed by atoms with E-state index in [1.807, 2.05) is 28.8 Å². The maximum absolute atomic E-state index is 13.7. The Bertz CT molecular complexity index is 1160. The molecule has 8 nitrogen and oxygen atoms in total. The number of hydrogen-bond acceptors (Lipinski definition) is 7. The minimum Gasteiger partial charge on any atom is -0.454 e. The molecule has 6 rings (SSSR count). The van der Waals surface area contributed by atoms with Crippen molar-refractivity contribution in [2.24, 2.45) is 0 Å². The smallest absolute Gasteiger partial charge is 0.232 e. The number of nitrogens with zero attached hydrogens (tertiary/aromatic N) is 5. The van der Waals surface area contributed by atoms with Gasteiger partial charge in [0.2, 0.25) is 12.7 Å². The summed E-state index contributed by atoms with van der Waals surface area (Å²) < 4.78 is 32.1. The molecule has 0 spiro atoms. The molecule has 0 N–H and O–H groups in total. The number of methoxy groups -OCH3 is 1. The molecule has 4 heterocycles. The fraction of sp³-hybridized carbons (Fsp3) is 0.391. The van der Waals surface area contributed by atoms with Crippen molar-refractivity contribution in [3.05, 3.63) is 53.6 Å². The normalized spacial score (nSPS) is 17.4. The van der Waals surface area contributed by atoms with Crippen LogP contribution in [0.3, 0.4) is 0 Å². The van der Waals surface area contributed by atoms with E-state index in [-0.39, 0.29) is 12.6 Å². The van der Waals surface area contributed by atoms with E-state index in [0.29, 0.717) is 18.4 Å². The second kappa shape index (κ2) is 7.67. The third kappa shape index (κ3) is 3.15. The lowest BCUT2D eigenvalue weighted by Crippen LogP contribution is -2.61. The van der Waals surface area contributed by atoms with Gasteiger partial charge in [-0.1, -0.05) is 0 Å². The zero-order valence-electron chi connectivity index (χ0n) is 17.8. The minimum atomic E-state index is -0.164. The third-order valence-corrected chi connectivity index (χ3v) is 6.38. The standard InChI is InChI=1S/C23H24FN5O3/c1-30-13-22-25-26-23(29(22)17-5-7-20-21(10-17)32-14-31-20)27-11-18(12-27)28-8-2-3-15-9-16(24)4-6-19(15)28/h4-7,9-10,18H,2-3,8,11-14H2,1H3. The van der Waals surface area contributed by atoms with Crippen LogP contribution < -0.4 is 19.3 Å². The van der Waals surface area contributed by atoms with Gasteiger partial charge in [0.1, 0.15) is 12.4 Å². The third-order valence-electron chi connectivity index (χ3n) is 6.38. The summed E-state index contributed by atoms with van der Waals surface area (Å²) in [5.41, 5.74) is 3.16. The van der Waals surface area contributed by atoms with Crippen LogP contribution in [0.2, 0.25) is 0 Å². The maximum Gasteiger partial charge on any atom is 0.232 e. The lowest BCUT2D eigenvalue weighted by atomic mass is 9.97. The lowest BCUT2D eigenvalue weighted by molar-refractivity contribution is 0.173. The van der Waals surface area contributed by atoms with Gasteiger partial charge in [0.25, 0.3) is 0 Å². The number of ether oxygens (including phenoxy) is 3. The summed E-state index contributed by atoms with van der Waals surface area (Å²) in [6, 6.07) is 11.3. The van der Waals surface area contributed by atoms with E-state index in [1.165, 1.54) is 0 Å². The van der Waals surface area contributed by atoms with Crippen molar-refractivity contribution in [3.63, 3.8) is 0 Å². The van der Waals surface area contributed by atoms with Gasteiger partial charge in [0, 0.05) is 38.5 Å². The van der Waals surface area contributed by atoms with Gasteiger partial charge < -0.3 is 24.0 Å². The van der Waals surface area contributed by atoms with Crippen molar-refractivity contribution in [2.45, 2.75) is 25.5 Å². The van der Waals surface area contributed by atoms with E-state index in [0.717, 1.165) is 66.9 Å². The van der Waals surface area contributed by atoms with Gasteiger partial charge >= 0.3 is 0 Å². The molecular formula is C23H24FN5O3. The Morgan fingerprint density at radius 1 is 1.09 bits per heavy atom. The summed E-state index contributed by atoms with van der Waals surface area (Å²) >= 11 is 0. The predicted molar refractivity (Wildman–Crippen MR) is 116 cm³/mol. The molecule has 3 aromatic rings. The highest BCUT2D eigenvalue weighted by atomic mass is 19.1. The van der Waals surface area contributed by atoms with Crippen LogP contribution in [0.15, 0.2) is 36.4 Å². The van der Waals surface area contributed by atoms with Gasteiger partial charge in [-0.3, -0.25) is 4.57 Å². The summed E-state index contributed by atoms with van der Waals surface area (Å²) in [7, 11) is 1.65. The zero-order valence-corrected chi connectivity index (χ0v) is 17.8. The SMILES string of the molecule is COCc1nnc(N2CC(N3CCCc4cc(F)ccc43)C2)n1-c1ccc2c(c1)OCO2. The molecule has 0 aliphatic carbocycles. The Balaban J connectivity index is 1.27. The molecule has 1 aromatic heterocycles. The first-order chi connectivity index (χ1) is 15.7. The van der Waals surface area contributed by atoms with Crippen LogP contribution in [0, 0.1) is 5.82 Å². The van der Waals surface area contributed by atoms with Gasteiger partial charge in [-0.2, -0.15) is 0 Å². The highest BCUT2D eigenvalue weighted by Gasteiger charge is 2.37. The molecule has 0 atom stereocenters. The van der Waals surface area contributed by atoms with Crippen LogP contribution in [0.5, 0.6) is 11.5 Å². The van der Waals surface area contributed by atoms with Gasteiger partial charge in [0.05, 0.1) is 11.7 Å². The summed E-state index contributed by atoms with van der Waals surface area (Å²) in [5, 5.41) is 8.86. The molecule has 3 aliphatic rings. The van der Waals surface area contributed by atoms with E-state index >= 15 is 0 Å². The number of rotatable bonds is 5. The lowest BCUT2D eigenvalue weighted by Gasteiger charge is -2.48. The number of aryl methyl sites for hydroxylation is 1. The zero-order chi connectivity index (χ0) is 21.7. The van der Waals surface area contributed by atoms with Crippen LogP contribution in [0.1, 0.15) is 17.8 Å². The number of benzene rings is 2. The maximum atomic E-state index is 13.7. The molecule has 3 aliphatic heterocycles. The number of fused-ring (bicyclic) bond motifs is 2. The fourth-order valence-electron chi connectivity index (χ4n) is 4.81. The molecule has 0 unspecified atom stereocenters. The Morgan fingerprint density at radius 3 is 2.84 bits per heavy atom. The van der Waals surface area contributed by atoms with Crippen molar-refractivity contribution in [2.75, 3.05) is 43.3 Å². The summed E-state index contributed by atoms with van der Waals surface area (Å²) in [5.74, 6) is 2.79. The van der Waals surface area contributed by atoms with Crippen molar-refractivity contribution in [3.8, 4) is 17.2 Å². The van der Waals surface area contributed by atoms with Crippen LogP contribution in [-0.2, 0) is 17.8 Å². The molecule has 1 fully saturated rings. The topological polar surface area (TPSA) is 64.9 Å². The average molecular weight is 437 g/mol. The minimum absolute atomic E-state index is 0.164. The second-order valence-electron chi connectivity index (χ2n) is 8.35. The van der Waals surface area contributed by atoms with Crippen molar-refractivity contribution in [1.29, 1.82) is 0 Å². The molecule has 9 heteroatoms. The molecule has 0 bridgehead atoms. The predicted octanol–water partition coefficient (Wildman–Crippen LogP) is 2.92. The van der Waals surface area contributed by atoms with E-state index < -0.39 is 0 Å². The summed E-state index contributed by atoms with van der Waals surface area (Å²) in [6.45, 7) is 3.22. The van der Waals surface area contributed by atoms with E-state index in [1.54, 1.807) is 19.2 Å². The Morgan fingerprint density at radius 2 is 1.97 bits per heavy atom. The highest BCUT2D eigenvalue weighted by molar-refractivity contribution is 5.59. The van der Waals surface area contributed by atoms with Crippen molar-refractivity contribution >= 4 is 11.6 Å². The van der Waals surface area contributed by atoms with Crippen LogP contribution in [0.4, 0.5) is 16.0 Å². The van der Waals surface area contributed by atoms with Crippen LogP contribution in [0.25, 0.3) is 5.69 Å². The van der Waals surface area contributed by atoms with E-state index in [4.69, 9.17) is 14.2 Å². The van der Waals surface area contributed by atoms with Gasteiger partial charge in [-0.05, 0) is 48.7 Å². The van der Waals surface area contributed by atoms with Crippen LogP contribution in [-0.4, -0.2) is 54.3 Å². The molecule has 0 radical (unpaired) electrons. The molecular weight excluding hydrogens is 413 g/mol. The molecule has 166 valence electrons. The number of aromatic nitrogens is 3. The monoisotopic (exact) mass is 437 g/mol. The summed E-state index contributed by atoms with van der Waals surface area (Å²) in [6.07, 6.45) is 1.97. The van der Waals surface area contributed by atoms with Crippen molar-refractivity contribution in [1.82, 2.24) is 14.8 Å². The van der Waals surface area contributed by atoms with Gasteiger partial charge in [0.15, 0.2) is 17.3 Å². The first-order valence-electron chi connectivity index (χ1n) is 10.8. The van der Waals surface area contributed by atoms with Gasteiger partial charge in [-0.15, -0.1) is 10.2 Å². The first-order valence-corrected chi connectivity index (χ1v) is 10.8. The molecule has 1 saturated heterocycles. The molecule has 0 saturated carbocycles. The van der Waals surface area contributed by atoms with Gasteiger partial charge in [-0.25, -0.2) is 4.39 Å². The Hall–Kier alpha value is -3.33. The average Bonchev–Trinajstić information content (AvgIpc) is 3.39. The van der Waals surface area contributed by atoms with E-state index in [2.05, 4.69) is 20.0 Å². The molecule has 2 aromatic carbocycles. The highest BCUT2D eigenvalue weighted by Crippen LogP contribution is 2.37. The van der Waals surface area contributed by atoms with Crippen LogP contribution >= 0.6 is 0 Å². The van der Waals surface area contributed by atoms with Crippen molar-refractivity contribution < 1.29 is 18.6 Å². The summed E-state index contributed by atoms with van der Waals surface area (Å²) in [4.78, 5) is 4.63. The first kappa shape index (κ1) is 19.4. The number of halogens is 1. The molecule has 0 amide bonds. The second-order valence-corrected chi connectivity index (χ2v) is 8.35. The number of anilines is 2. The van der Waals surface area contributed by atoms with E-state index in [9.17, 15) is 4.39 Å². The number of hydrogen-bond donors (Lipinski definition) is 0. The fourth-order valence-corrected chi connectivity index (χ4v) is 4.81. The largest absolute Gasteiger partial charge is 0.454 e. The Kier molecular flexibility index (Phi) is 4.64. The Labute approximate surface area is 185 Å². The molecule has 32 heavy (non-hydrogen) atoms.